The number of benzene rings is 1. The van der Waals surface area contributed by atoms with Crippen LogP contribution in [0.5, 0.6) is 0 Å². The van der Waals surface area contributed by atoms with Gasteiger partial charge in [0.15, 0.2) is 0 Å². The molecule has 24 heavy (non-hydrogen) atoms. The summed E-state index contributed by atoms with van der Waals surface area (Å²) in [4.78, 5) is 12.1. The summed E-state index contributed by atoms with van der Waals surface area (Å²) in [6.45, 7) is -0.0700. The van der Waals surface area contributed by atoms with Crippen molar-refractivity contribution in [3.8, 4) is 0 Å². The number of nitrogens with zero attached hydrogens (tertiary/aromatic N) is 2. The minimum atomic E-state index is -3.07. The average Bonchev–Trinajstić information content (AvgIpc) is 3.32. The summed E-state index contributed by atoms with van der Waals surface area (Å²) in [6.07, 6.45) is -1.10. The summed E-state index contributed by atoms with van der Waals surface area (Å²) in [5.41, 5.74) is -0.211. The Labute approximate surface area is 135 Å². The van der Waals surface area contributed by atoms with Gasteiger partial charge in [-0.15, -0.1) is 0 Å². The number of hydrogen-bond donors (Lipinski definition) is 1. The van der Waals surface area contributed by atoms with Gasteiger partial charge in [-0.3, -0.25) is 4.79 Å². The first-order valence-electron chi connectivity index (χ1n) is 7.45. The van der Waals surface area contributed by atoms with Gasteiger partial charge in [-0.1, -0.05) is 6.07 Å². The molecule has 1 aromatic carbocycles. The molecule has 0 unspecified atom stereocenters. The minimum Gasteiger partial charge on any atom is -0.348 e. The first-order valence-corrected chi connectivity index (χ1v) is 7.45. The van der Waals surface area contributed by atoms with Gasteiger partial charge in [0, 0.05) is 13.6 Å². The zero-order valence-corrected chi connectivity index (χ0v) is 12.8. The van der Waals surface area contributed by atoms with Gasteiger partial charge in [0.05, 0.1) is 0 Å². The van der Waals surface area contributed by atoms with E-state index in [-0.39, 0.29) is 6.54 Å². The van der Waals surface area contributed by atoms with Crippen LogP contribution in [0.3, 0.4) is 0 Å². The number of alkyl halides is 2. The zero-order valence-electron chi connectivity index (χ0n) is 12.8. The number of halogens is 4. The fourth-order valence-electron chi connectivity index (χ4n) is 2.67. The molecule has 1 aliphatic rings. The Kier molecular flexibility index (Phi) is 4.29. The van der Waals surface area contributed by atoms with E-state index in [1.165, 1.54) is 12.1 Å². The predicted molar refractivity (Wildman–Crippen MR) is 77.7 cm³/mol. The summed E-state index contributed by atoms with van der Waals surface area (Å²) in [5, 5.41) is 5.71. The Morgan fingerprint density at radius 2 is 2.08 bits per heavy atom. The highest BCUT2D eigenvalue weighted by Gasteiger charge is 2.29. The lowest BCUT2D eigenvalue weighted by molar-refractivity contribution is 0.0931. The van der Waals surface area contributed by atoms with Crippen LogP contribution < -0.4 is 5.32 Å². The molecular formula is C16H15F4N3O. The third-order valence-corrected chi connectivity index (χ3v) is 4.00. The van der Waals surface area contributed by atoms with Gasteiger partial charge >= 0.3 is 0 Å². The quantitative estimate of drug-likeness (QED) is 0.847. The van der Waals surface area contributed by atoms with E-state index in [1.807, 2.05) is 0 Å². The average molecular weight is 341 g/mol. The van der Waals surface area contributed by atoms with Crippen molar-refractivity contribution < 1.29 is 22.4 Å². The molecule has 1 N–H and O–H groups in total. The van der Waals surface area contributed by atoms with Crippen LogP contribution in [0.1, 0.15) is 52.4 Å². The topological polar surface area (TPSA) is 46.9 Å². The number of carbonyl (C=O) groups excluding carboxylic acids is 1. The van der Waals surface area contributed by atoms with Crippen molar-refractivity contribution in [3.05, 3.63) is 52.3 Å². The first-order chi connectivity index (χ1) is 11.4. The lowest BCUT2D eigenvalue weighted by atomic mass is 10.0. The summed E-state index contributed by atoms with van der Waals surface area (Å²) in [6, 6.07) is 4.29. The molecule has 0 spiro atoms. The van der Waals surface area contributed by atoms with Crippen LogP contribution in [0, 0.1) is 11.8 Å². The predicted octanol–water partition coefficient (Wildman–Crippen LogP) is 3.44. The van der Waals surface area contributed by atoms with Crippen molar-refractivity contribution in [1.82, 2.24) is 15.1 Å². The van der Waals surface area contributed by atoms with Crippen LogP contribution in [0.15, 0.2) is 18.2 Å². The van der Waals surface area contributed by atoms with E-state index in [1.54, 1.807) is 6.07 Å². The molecule has 128 valence electrons. The molecule has 8 heteroatoms. The molecule has 1 fully saturated rings. The number of aromatic nitrogens is 2. The molecule has 0 radical (unpaired) electrons. The van der Waals surface area contributed by atoms with Gasteiger partial charge in [0.1, 0.15) is 17.1 Å². The van der Waals surface area contributed by atoms with Crippen LogP contribution in [0.4, 0.5) is 17.6 Å². The zero-order chi connectivity index (χ0) is 17.4. The van der Waals surface area contributed by atoms with Crippen molar-refractivity contribution in [2.75, 3.05) is 0 Å². The van der Waals surface area contributed by atoms with Crippen molar-refractivity contribution in [2.45, 2.75) is 31.7 Å². The second kappa shape index (κ2) is 6.26. The molecule has 0 atom stereocenters. The van der Waals surface area contributed by atoms with Gasteiger partial charge in [0.2, 0.25) is 5.95 Å². The molecule has 1 heterocycles. The normalized spacial score (nSPS) is 14.2. The Morgan fingerprint density at radius 3 is 2.71 bits per heavy atom. The molecule has 0 bridgehead atoms. The summed E-state index contributed by atoms with van der Waals surface area (Å²) < 4.78 is 53.7. The van der Waals surface area contributed by atoms with E-state index < -0.39 is 35.4 Å². The second-order valence-corrected chi connectivity index (χ2v) is 5.78. The van der Waals surface area contributed by atoms with E-state index >= 15 is 0 Å². The second-order valence-electron chi connectivity index (χ2n) is 5.78. The first kappa shape index (κ1) is 16.5. The highest BCUT2D eigenvalue weighted by molar-refractivity contribution is 5.95. The monoisotopic (exact) mass is 341 g/mol. The number of aryl methyl sites for hydroxylation is 1. The Balaban J connectivity index is 1.81. The van der Waals surface area contributed by atoms with Gasteiger partial charge < -0.3 is 5.32 Å². The highest BCUT2D eigenvalue weighted by Crippen LogP contribution is 2.41. The summed E-state index contributed by atoms with van der Waals surface area (Å²) in [5.74, 6) is -2.26. The maximum atomic E-state index is 13.9. The Hall–Kier alpha value is -2.38. The van der Waals surface area contributed by atoms with Crippen molar-refractivity contribution >= 4 is 5.91 Å². The molecule has 1 amide bonds. The lowest BCUT2D eigenvalue weighted by Crippen LogP contribution is -2.25. The lowest BCUT2D eigenvalue weighted by Gasteiger charge is -2.10. The smallest absolute Gasteiger partial charge is 0.283 e. The number of rotatable bonds is 5. The van der Waals surface area contributed by atoms with E-state index in [2.05, 4.69) is 10.4 Å². The van der Waals surface area contributed by atoms with Crippen LogP contribution in [-0.4, -0.2) is 15.7 Å². The molecule has 0 aliphatic heterocycles. The number of amides is 1. The molecule has 1 saturated carbocycles. The van der Waals surface area contributed by atoms with Crippen molar-refractivity contribution in [2.24, 2.45) is 7.05 Å². The van der Waals surface area contributed by atoms with E-state index in [4.69, 9.17) is 0 Å². The Morgan fingerprint density at radius 1 is 1.38 bits per heavy atom. The SMILES string of the molecule is Cn1nc(C(F)F)c(C(=O)NCc2cc(F)ccc2C2CC2)c1F. The van der Waals surface area contributed by atoms with Gasteiger partial charge in [0.25, 0.3) is 12.3 Å². The third kappa shape index (κ3) is 3.13. The number of hydrogen-bond acceptors (Lipinski definition) is 2. The highest BCUT2D eigenvalue weighted by atomic mass is 19.3. The van der Waals surface area contributed by atoms with Crippen LogP contribution in [-0.2, 0) is 13.6 Å². The van der Waals surface area contributed by atoms with E-state index in [0.717, 1.165) is 25.5 Å². The van der Waals surface area contributed by atoms with Gasteiger partial charge in [-0.2, -0.15) is 9.49 Å². The molecule has 4 nitrogen and oxygen atoms in total. The molecule has 0 saturated heterocycles. The maximum Gasteiger partial charge on any atom is 0.283 e. The standard InChI is InChI=1S/C16H15F4N3O/c1-23-15(20)12(13(22-23)14(18)19)16(24)21-7-9-6-10(17)4-5-11(9)8-2-3-8/h4-6,8,14H,2-3,7H2,1H3,(H,21,24). The van der Waals surface area contributed by atoms with Gasteiger partial charge in [-0.05, 0) is 42.0 Å². The Bertz CT molecular complexity index is 784. The van der Waals surface area contributed by atoms with Crippen molar-refractivity contribution in [1.29, 1.82) is 0 Å². The molecule has 1 aliphatic carbocycles. The van der Waals surface area contributed by atoms with Crippen LogP contribution >= 0.6 is 0 Å². The molecule has 2 aromatic rings. The number of carbonyl (C=O) groups is 1. The van der Waals surface area contributed by atoms with E-state index in [9.17, 15) is 22.4 Å². The van der Waals surface area contributed by atoms with Crippen LogP contribution in [0.2, 0.25) is 0 Å². The summed E-state index contributed by atoms with van der Waals surface area (Å²) in [7, 11) is 1.13. The third-order valence-electron chi connectivity index (χ3n) is 4.00. The molecule has 3 rings (SSSR count). The molecule has 1 aromatic heterocycles. The largest absolute Gasteiger partial charge is 0.348 e. The molecular weight excluding hydrogens is 326 g/mol. The van der Waals surface area contributed by atoms with E-state index in [0.29, 0.717) is 16.2 Å². The number of nitrogens with one attached hydrogen (secondary N) is 1. The van der Waals surface area contributed by atoms with Gasteiger partial charge in [-0.25, -0.2) is 17.9 Å². The van der Waals surface area contributed by atoms with Crippen molar-refractivity contribution in [3.63, 3.8) is 0 Å². The fourth-order valence-corrected chi connectivity index (χ4v) is 2.67. The van der Waals surface area contributed by atoms with Crippen LogP contribution in [0.25, 0.3) is 0 Å². The minimum absolute atomic E-state index is 0.0700. The fraction of sp³-hybridized carbons (Fsp3) is 0.375. The maximum absolute atomic E-state index is 13.9. The summed E-state index contributed by atoms with van der Waals surface area (Å²) >= 11 is 0.